The lowest BCUT2D eigenvalue weighted by molar-refractivity contribution is -0.149. The number of hydrogen-bond acceptors (Lipinski definition) is 3. The van der Waals surface area contributed by atoms with Crippen LogP contribution in [-0.2, 0) is 9.53 Å². The van der Waals surface area contributed by atoms with E-state index in [0.29, 0.717) is 25.8 Å². The second-order valence-corrected chi connectivity index (χ2v) is 5.63. The Morgan fingerprint density at radius 2 is 1.94 bits per heavy atom. The molecule has 2 rings (SSSR count). The molecule has 0 aromatic rings. The third kappa shape index (κ3) is 2.54. The number of ether oxygens (including phenoxy) is 1. The normalized spacial score (nSPS) is 24.1. The van der Waals surface area contributed by atoms with Crippen LogP contribution < -0.4 is 5.73 Å². The zero-order chi connectivity index (χ0) is 13.0. The Kier molecular flexibility index (Phi) is 4.62. The van der Waals surface area contributed by atoms with E-state index in [9.17, 15) is 4.79 Å². The highest BCUT2D eigenvalue weighted by molar-refractivity contribution is 5.83. The Morgan fingerprint density at radius 1 is 1.33 bits per heavy atom. The van der Waals surface area contributed by atoms with Gasteiger partial charge in [0.1, 0.15) is 0 Å². The number of rotatable bonds is 4. The van der Waals surface area contributed by atoms with Crippen molar-refractivity contribution >= 4 is 5.91 Å². The van der Waals surface area contributed by atoms with E-state index in [4.69, 9.17) is 10.5 Å². The molecule has 0 spiro atoms. The first-order valence-electron chi connectivity index (χ1n) is 7.32. The molecule has 2 N–H and O–H groups in total. The maximum Gasteiger partial charge on any atom is 0.230 e. The third-order valence-corrected chi connectivity index (χ3v) is 4.66. The summed E-state index contributed by atoms with van der Waals surface area (Å²) >= 11 is 0. The van der Waals surface area contributed by atoms with Gasteiger partial charge in [-0.15, -0.1) is 0 Å². The van der Waals surface area contributed by atoms with Crippen LogP contribution in [0.2, 0.25) is 0 Å². The highest BCUT2D eigenvalue weighted by Gasteiger charge is 2.42. The summed E-state index contributed by atoms with van der Waals surface area (Å²) in [5.74, 6) is 0.280. The standard InChI is InChI=1S/C14H26N2O2/c1-2-16(12-5-3-4-6-12)13(17)14(11-15)7-9-18-10-8-14/h12H,2-11,15H2,1H3. The minimum atomic E-state index is -0.350. The Morgan fingerprint density at radius 3 is 2.44 bits per heavy atom. The Balaban J connectivity index is 2.10. The molecule has 2 aliphatic rings. The van der Waals surface area contributed by atoms with Crippen LogP contribution in [0.5, 0.6) is 0 Å². The van der Waals surface area contributed by atoms with Gasteiger partial charge in [0.15, 0.2) is 0 Å². The molecule has 18 heavy (non-hydrogen) atoms. The molecule has 2 fully saturated rings. The quantitative estimate of drug-likeness (QED) is 0.828. The molecule has 1 aliphatic heterocycles. The minimum absolute atomic E-state index is 0.280. The summed E-state index contributed by atoms with van der Waals surface area (Å²) in [6.07, 6.45) is 6.41. The fraction of sp³-hybridized carbons (Fsp3) is 0.929. The maximum atomic E-state index is 12.9. The van der Waals surface area contributed by atoms with E-state index in [-0.39, 0.29) is 11.3 Å². The van der Waals surface area contributed by atoms with Crippen molar-refractivity contribution in [3.05, 3.63) is 0 Å². The average Bonchev–Trinajstić information content (AvgIpc) is 2.94. The molecule has 1 amide bonds. The fourth-order valence-electron chi connectivity index (χ4n) is 3.36. The first kappa shape index (κ1) is 13.8. The number of nitrogens with zero attached hydrogens (tertiary/aromatic N) is 1. The van der Waals surface area contributed by atoms with E-state index < -0.39 is 0 Å². The van der Waals surface area contributed by atoms with Crippen LogP contribution in [0.15, 0.2) is 0 Å². The predicted octanol–water partition coefficient (Wildman–Crippen LogP) is 1.53. The van der Waals surface area contributed by atoms with Gasteiger partial charge in [-0.25, -0.2) is 0 Å². The summed E-state index contributed by atoms with van der Waals surface area (Å²) in [4.78, 5) is 14.9. The molecule has 0 aromatic carbocycles. The van der Waals surface area contributed by atoms with Gasteiger partial charge in [0.05, 0.1) is 5.41 Å². The first-order chi connectivity index (χ1) is 8.73. The van der Waals surface area contributed by atoms with Crippen molar-refractivity contribution in [3.63, 3.8) is 0 Å². The number of nitrogens with two attached hydrogens (primary N) is 1. The predicted molar refractivity (Wildman–Crippen MR) is 71.2 cm³/mol. The zero-order valence-electron chi connectivity index (χ0n) is 11.5. The number of amides is 1. The zero-order valence-corrected chi connectivity index (χ0v) is 11.5. The van der Waals surface area contributed by atoms with Gasteiger partial charge in [0.2, 0.25) is 5.91 Å². The van der Waals surface area contributed by atoms with Crippen LogP contribution in [0, 0.1) is 5.41 Å². The molecule has 1 saturated carbocycles. The average molecular weight is 254 g/mol. The second kappa shape index (κ2) is 6.02. The summed E-state index contributed by atoms with van der Waals surface area (Å²) in [5.41, 5.74) is 5.58. The number of carbonyl (C=O) groups excluding carboxylic acids is 1. The molecule has 0 atom stereocenters. The van der Waals surface area contributed by atoms with Crippen molar-refractivity contribution in [2.75, 3.05) is 26.3 Å². The summed E-state index contributed by atoms with van der Waals surface area (Å²) < 4.78 is 5.39. The lowest BCUT2D eigenvalue weighted by atomic mass is 9.78. The van der Waals surface area contributed by atoms with Crippen LogP contribution in [0.25, 0.3) is 0 Å². The van der Waals surface area contributed by atoms with Crippen molar-refractivity contribution in [1.29, 1.82) is 0 Å². The van der Waals surface area contributed by atoms with Crippen LogP contribution in [0.1, 0.15) is 45.4 Å². The molecule has 0 radical (unpaired) electrons. The van der Waals surface area contributed by atoms with Crippen LogP contribution in [-0.4, -0.2) is 43.2 Å². The van der Waals surface area contributed by atoms with Gasteiger partial charge in [-0.1, -0.05) is 12.8 Å². The van der Waals surface area contributed by atoms with E-state index in [1.807, 2.05) is 0 Å². The first-order valence-corrected chi connectivity index (χ1v) is 7.32. The van der Waals surface area contributed by atoms with Gasteiger partial charge >= 0.3 is 0 Å². The summed E-state index contributed by atoms with van der Waals surface area (Å²) in [6, 6.07) is 0.453. The summed E-state index contributed by atoms with van der Waals surface area (Å²) in [5, 5.41) is 0. The monoisotopic (exact) mass is 254 g/mol. The van der Waals surface area contributed by atoms with Crippen LogP contribution >= 0.6 is 0 Å². The van der Waals surface area contributed by atoms with Crippen molar-refractivity contribution < 1.29 is 9.53 Å². The third-order valence-electron chi connectivity index (χ3n) is 4.66. The Labute approximate surface area is 110 Å². The molecule has 0 bridgehead atoms. The highest BCUT2D eigenvalue weighted by Crippen LogP contribution is 2.34. The topological polar surface area (TPSA) is 55.6 Å². The van der Waals surface area contributed by atoms with Crippen LogP contribution in [0.4, 0.5) is 0 Å². The maximum absolute atomic E-state index is 12.9. The van der Waals surface area contributed by atoms with E-state index in [2.05, 4.69) is 11.8 Å². The fourth-order valence-corrected chi connectivity index (χ4v) is 3.36. The van der Waals surface area contributed by atoms with Gasteiger partial charge in [0, 0.05) is 32.3 Å². The van der Waals surface area contributed by atoms with Gasteiger partial charge < -0.3 is 15.4 Å². The van der Waals surface area contributed by atoms with Crippen molar-refractivity contribution in [2.24, 2.45) is 11.1 Å². The lowest BCUT2D eigenvalue weighted by Crippen LogP contribution is -2.53. The van der Waals surface area contributed by atoms with Gasteiger partial charge in [-0.05, 0) is 32.6 Å². The molecular formula is C14H26N2O2. The van der Waals surface area contributed by atoms with E-state index in [1.165, 1.54) is 12.8 Å². The van der Waals surface area contributed by atoms with E-state index >= 15 is 0 Å². The molecule has 104 valence electrons. The minimum Gasteiger partial charge on any atom is -0.381 e. The molecule has 1 saturated heterocycles. The van der Waals surface area contributed by atoms with Crippen LogP contribution in [0.3, 0.4) is 0 Å². The number of carbonyl (C=O) groups is 1. The molecule has 1 aliphatic carbocycles. The molecule has 0 unspecified atom stereocenters. The Hall–Kier alpha value is -0.610. The smallest absolute Gasteiger partial charge is 0.230 e. The van der Waals surface area contributed by atoms with Crippen molar-refractivity contribution in [1.82, 2.24) is 4.90 Å². The largest absolute Gasteiger partial charge is 0.381 e. The van der Waals surface area contributed by atoms with Crippen molar-refractivity contribution in [2.45, 2.75) is 51.5 Å². The molecule has 1 heterocycles. The van der Waals surface area contributed by atoms with Crippen molar-refractivity contribution in [3.8, 4) is 0 Å². The van der Waals surface area contributed by atoms with Gasteiger partial charge in [-0.2, -0.15) is 0 Å². The Bertz CT molecular complexity index is 282. The molecule has 0 aromatic heterocycles. The van der Waals surface area contributed by atoms with E-state index in [0.717, 1.165) is 32.2 Å². The summed E-state index contributed by atoms with van der Waals surface area (Å²) in [6.45, 7) is 4.70. The molecule has 4 heteroatoms. The SMILES string of the molecule is CCN(C(=O)C1(CN)CCOCC1)C1CCCC1. The van der Waals surface area contributed by atoms with Gasteiger partial charge in [0.25, 0.3) is 0 Å². The molecule has 4 nitrogen and oxygen atoms in total. The molecular weight excluding hydrogens is 228 g/mol. The van der Waals surface area contributed by atoms with Gasteiger partial charge in [-0.3, -0.25) is 4.79 Å². The second-order valence-electron chi connectivity index (χ2n) is 5.63. The lowest BCUT2D eigenvalue weighted by Gasteiger charge is -2.40. The highest BCUT2D eigenvalue weighted by atomic mass is 16.5. The summed E-state index contributed by atoms with van der Waals surface area (Å²) in [7, 11) is 0. The van der Waals surface area contributed by atoms with E-state index in [1.54, 1.807) is 0 Å². The number of hydrogen-bond donors (Lipinski definition) is 1.